The molecule has 0 atom stereocenters. The third-order valence-electron chi connectivity index (χ3n) is 3.74. The summed E-state index contributed by atoms with van der Waals surface area (Å²) in [5, 5.41) is 2.85. The minimum Gasteiger partial charge on any atom is -0.378 e. The number of alkyl halides is 3. The Kier molecular flexibility index (Phi) is 4.30. The van der Waals surface area contributed by atoms with Crippen molar-refractivity contribution in [2.45, 2.75) is 20.0 Å². The summed E-state index contributed by atoms with van der Waals surface area (Å²) in [6.45, 7) is 3.81. The van der Waals surface area contributed by atoms with Crippen molar-refractivity contribution in [3.05, 3.63) is 52.8 Å². The van der Waals surface area contributed by atoms with E-state index in [1.54, 1.807) is 0 Å². The second-order valence-corrected chi connectivity index (χ2v) is 5.20. The van der Waals surface area contributed by atoms with Gasteiger partial charge in [0.05, 0.1) is 12.1 Å². The highest BCUT2D eigenvalue weighted by Crippen LogP contribution is 2.29. The molecule has 1 heterocycles. The molecule has 0 bridgehead atoms. The average molecular weight is 310 g/mol. The Morgan fingerprint density at radius 2 is 1.77 bits per heavy atom. The van der Waals surface area contributed by atoms with E-state index in [2.05, 4.69) is 5.32 Å². The van der Waals surface area contributed by atoms with Crippen LogP contribution in [-0.4, -0.2) is 16.9 Å². The van der Waals surface area contributed by atoms with Gasteiger partial charge < -0.3 is 9.88 Å². The number of hydrogen-bond acceptors (Lipinski definition) is 2. The molecule has 2 rings (SSSR count). The Morgan fingerprint density at radius 1 is 1.18 bits per heavy atom. The molecule has 0 aliphatic heterocycles. The van der Waals surface area contributed by atoms with Crippen LogP contribution < -0.4 is 5.32 Å². The monoisotopic (exact) mass is 310 g/mol. The van der Waals surface area contributed by atoms with Gasteiger partial charge in [-0.2, -0.15) is 13.2 Å². The van der Waals surface area contributed by atoms with E-state index in [1.165, 1.54) is 12.1 Å². The van der Waals surface area contributed by atoms with Gasteiger partial charge in [0, 0.05) is 29.7 Å². The number of anilines is 1. The van der Waals surface area contributed by atoms with Crippen molar-refractivity contribution in [3.8, 4) is 0 Å². The molecule has 1 aromatic heterocycles. The standard InChI is InChI=1S/C16H17F3N2O/c1-10-8-14(11(2)21(10)3)15(22)9-20-13-6-4-12(5-7-13)16(17,18)19/h4-8,20H,9H2,1-3H3. The first kappa shape index (κ1) is 16.1. The van der Waals surface area contributed by atoms with Crippen molar-refractivity contribution in [2.24, 2.45) is 7.05 Å². The summed E-state index contributed by atoms with van der Waals surface area (Å²) in [6.07, 6.45) is -4.35. The van der Waals surface area contributed by atoms with Crippen molar-refractivity contribution in [2.75, 3.05) is 11.9 Å². The van der Waals surface area contributed by atoms with E-state index in [0.29, 0.717) is 11.3 Å². The first-order valence-electron chi connectivity index (χ1n) is 6.77. The first-order valence-corrected chi connectivity index (χ1v) is 6.77. The smallest absolute Gasteiger partial charge is 0.378 e. The Morgan fingerprint density at radius 3 is 2.23 bits per heavy atom. The summed E-state index contributed by atoms with van der Waals surface area (Å²) in [6, 6.07) is 6.43. The summed E-state index contributed by atoms with van der Waals surface area (Å²) < 4.78 is 39.3. The van der Waals surface area contributed by atoms with E-state index < -0.39 is 11.7 Å². The largest absolute Gasteiger partial charge is 0.416 e. The zero-order valence-corrected chi connectivity index (χ0v) is 12.6. The predicted molar refractivity (Wildman–Crippen MR) is 79.2 cm³/mol. The van der Waals surface area contributed by atoms with Crippen LogP contribution in [0, 0.1) is 13.8 Å². The van der Waals surface area contributed by atoms with Gasteiger partial charge in [0.2, 0.25) is 0 Å². The molecule has 0 amide bonds. The van der Waals surface area contributed by atoms with Crippen LogP contribution in [0.15, 0.2) is 30.3 Å². The zero-order valence-electron chi connectivity index (χ0n) is 12.6. The molecule has 0 radical (unpaired) electrons. The quantitative estimate of drug-likeness (QED) is 0.868. The second-order valence-electron chi connectivity index (χ2n) is 5.20. The molecule has 2 aromatic rings. The van der Waals surface area contributed by atoms with Crippen LogP contribution in [-0.2, 0) is 13.2 Å². The highest BCUT2D eigenvalue weighted by atomic mass is 19.4. The van der Waals surface area contributed by atoms with Crippen LogP contribution in [0.2, 0.25) is 0 Å². The number of aromatic nitrogens is 1. The number of carbonyl (C=O) groups excluding carboxylic acids is 1. The van der Waals surface area contributed by atoms with Crippen LogP contribution >= 0.6 is 0 Å². The van der Waals surface area contributed by atoms with Gasteiger partial charge in [-0.15, -0.1) is 0 Å². The fourth-order valence-electron chi connectivity index (χ4n) is 2.19. The lowest BCUT2D eigenvalue weighted by molar-refractivity contribution is -0.137. The fraction of sp³-hybridized carbons (Fsp3) is 0.312. The number of Topliss-reactive ketones (excluding diaryl/α,β-unsaturated/α-hetero) is 1. The van der Waals surface area contributed by atoms with Gasteiger partial charge in [-0.3, -0.25) is 4.79 Å². The van der Waals surface area contributed by atoms with Gasteiger partial charge >= 0.3 is 6.18 Å². The zero-order chi connectivity index (χ0) is 16.5. The third-order valence-corrected chi connectivity index (χ3v) is 3.74. The maximum Gasteiger partial charge on any atom is 0.416 e. The Labute approximate surface area is 126 Å². The van der Waals surface area contributed by atoms with Crippen molar-refractivity contribution in [3.63, 3.8) is 0 Å². The molecule has 1 N–H and O–H groups in total. The SMILES string of the molecule is Cc1cc(C(=O)CNc2ccc(C(F)(F)F)cc2)c(C)n1C. The minimum absolute atomic E-state index is 0.0374. The van der Waals surface area contributed by atoms with Crippen LogP contribution in [0.25, 0.3) is 0 Å². The normalized spacial score (nSPS) is 11.5. The van der Waals surface area contributed by atoms with Gasteiger partial charge in [0.1, 0.15) is 0 Å². The Hall–Kier alpha value is -2.24. The topological polar surface area (TPSA) is 34.0 Å². The summed E-state index contributed by atoms with van der Waals surface area (Å²) >= 11 is 0. The summed E-state index contributed by atoms with van der Waals surface area (Å²) in [7, 11) is 1.88. The summed E-state index contributed by atoms with van der Waals surface area (Å²) in [4.78, 5) is 12.2. The highest BCUT2D eigenvalue weighted by molar-refractivity contribution is 6.00. The number of hydrogen-bond donors (Lipinski definition) is 1. The molecular formula is C16H17F3N2O. The summed E-state index contributed by atoms with van der Waals surface area (Å²) in [5.41, 5.74) is 2.25. The molecule has 0 spiro atoms. The maximum atomic E-state index is 12.5. The van der Waals surface area contributed by atoms with E-state index in [4.69, 9.17) is 0 Å². The highest BCUT2D eigenvalue weighted by Gasteiger charge is 2.29. The van der Waals surface area contributed by atoms with Gasteiger partial charge in [-0.25, -0.2) is 0 Å². The number of carbonyl (C=O) groups is 1. The molecule has 6 heteroatoms. The van der Waals surface area contributed by atoms with Crippen molar-refractivity contribution in [1.82, 2.24) is 4.57 Å². The summed E-state index contributed by atoms with van der Waals surface area (Å²) in [5.74, 6) is -0.0962. The molecule has 0 unspecified atom stereocenters. The van der Waals surface area contributed by atoms with Crippen molar-refractivity contribution >= 4 is 11.5 Å². The van der Waals surface area contributed by atoms with Gasteiger partial charge in [-0.05, 0) is 44.2 Å². The number of benzene rings is 1. The van der Waals surface area contributed by atoms with Crippen LogP contribution in [0.4, 0.5) is 18.9 Å². The van der Waals surface area contributed by atoms with E-state index in [-0.39, 0.29) is 12.3 Å². The first-order chi connectivity index (χ1) is 10.2. The number of nitrogens with zero attached hydrogens (tertiary/aromatic N) is 1. The number of halogens is 3. The molecule has 0 saturated heterocycles. The maximum absolute atomic E-state index is 12.5. The molecule has 118 valence electrons. The molecule has 22 heavy (non-hydrogen) atoms. The fourth-order valence-corrected chi connectivity index (χ4v) is 2.19. The van der Waals surface area contributed by atoms with E-state index >= 15 is 0 Å². The molecule has 0 fully saturated rings. The molecule has 0 saturated carbocycles. The van der Waals surface area contributed by atoms with Crippen LogP contribution in [0.3, 0.4) is 0 Å². The molecule has 0 aliphatic carbocycles. The van der Waals surface area contributed by atoms with Gasteiger partial charge in [0.25, 0.3) is 0 Å². The molecule has 0 aliphatic rings. The lowest BCUT2D eigenvalue weighted by atomic mass is 10.1. The predicted octanol–water partition coefficient (Wildman–Crippen LogP) is 3.96. The minimum atomic E-state index is -4.35. The third kappa shape index (κ3) is 3.32. The number of nitrogens with one attached hydrogen (secondary N) is 1. The molecule has 1 aromatic carbocycles. The molecule has 3 nitrogen and oxygen atoms in total. The lowest BCUT2D eigenvalue weighted by Crippen LogP contribution is -2.15. The van der Waals surface area contributed by atoms with E-state index in [1.807, 2.05) is 31.5 Å². The number of ketones is 1. The Bertz CT molecular complexity index is 685. The van der Waals surface area contributed by atoms with E-state index in [0.717, 1.165) is 23.5 Å². The van der Waals surface area contributed by atoms with Crippen LogP contribution in [0.1, 0.15) is 27.3 Å². The second kappa shape index (κ2) is 5.87. The van der Waals surface area contributed by atoms with Crippen LogP contribution in [0.5, 0.6) is 0 Å². The lowest BCUT2D eigenvalue weighted by Gasteiger charge is -2.09. The van der Waals surface area contributed by atoms with Gasteiger partial charge in [-0.1, -0.05) is 0 Å². The molecular weight excluding hydrogens is 293 g/mol. The van der Waals surface area contributed by atoms with Gasteiger partial charge in [0.15, 0.2) is 5.78 Å². The average Bonchev–Trinajstić information content (AvgIpc) is 2.72. The Balaban J connectivity index is 2.03. The number of rotatable bonds is 4. The van der Waals surface area contributed by atoms with E-state index in [9.17, 15) is 18.0 Å². The van der Waals surface area contributed by atoms with Crippen molar-refractivity contribution < 1.29 is 18.0 Å². The van der Waals surface area contributed by atoms with Crippen molar-refractivity contribution in [1.29, 1.82) is 0 Å². The number of aryl methyl sites for hydroxylation is 1.